The number of carbonyl (C=O) groups excluding carboxylic acids is 2. The van der Waals surface area contributed by atoms with Crippen LogP contribution in [0.5, 0.6) is 5.75 Å². The first-order chi connectivity index (χ1) is 9.41. The zero-order valence-electron chi connectivity index (χ0n) is 11.8. The van der Waals surface area contributed by atoms with Crippen LogP contribution in [0.4, 0.5) is 5.69 Å². The Bertz CT molecular complexity index is 474. The fraction of sp³-hybridized carbons (Fsp3) is 0.429. The topological polar surface area (TPSA) is 107 Å². The van der Waals surface area contributed by atoms with Crippen molar-refractivity contribution in [1.82, 2.24) is 0 Å². The van der Waals surface area contributed by atoms with Crippen molar-refractivity contribution in [3.05, 3.63) is 24.3 Å². The maximum absolute atomic E-state index is 12.0. The maximum Gasteiger partial charge on any atom is 0.228 e. The van der Waals surface area contributed by atoms with Crippen molar-refractivity contribution in [3.63, 3.8) is 0 Å². The van der Waals surface area contributed by atoms with E-state index in [4.69, 9.17) is 16.2 Å². The van der Waals surface area contributed by atoms with E-state index in [1.807, 2.05) is 0 Å². The second-order valence-electron chi connectivity index (χ2n) is 4.70. The summed E-state index contributed by atoms with van der Waals surface area (Å²) in [5, 5.41) is 2.77. The van der Waals surface area contributed by atoms with E-state index < -0.39 is 5.91 Å². The Morgan fingerprint density at radius 2 is 1.95 bits per heavy atom. The van der Waals surface area contributed by atoms with Crippen LogP contribution in [-0.2, 0) is 9.59 Å². The van der Waals surface area contributed by atoms with Crippen molar-refractivity contribution in [3.8, 4) is 5.75 Å². The van der Waals surface area contributed by atoms with Crippen LogP contribution in [0.15, 0.2) is 24.3 Å². The van der Waals surface area contributed by atoms with Crippen molar-refractivity contribution >= 4 is 17.5 Å². The highest BCUT2D eigenvalue weighted by Crippen LogP contribution is 2.24. The van der Waals surface area contributed by atoms with E-state index in [1.54, 1.807) is 38.1 Å². The standard InChI is InChI=1S/C14H21N3O3/c1-9(10(2)15)14(19)17-11-5-3-4-6-12(11)20-8-7-13(16)18/h3-6,9-10H,7-8,15H2,1-2H3,(H2,16,18)(H,17,19). The fourth-order valence-electron chi connectivity index (χ4n) is 1.44. The second kappa shape index (κ2) is 7.49. The molecule has 6 heteroatoms. The number of ether oxygens (including phenoxy) is 1. The van der Waals surface area contributed by atoms with Crippen LogP contribution < -0.4 is 21.5 Å². The van der Waals surface area contributed by atoms with E-state index in [-0.39, 0.29) is 30.9 Å². The smallest absolute Gasteiger partial charge is 0.228 e. The van der Waals surface area contributed by atoms with Gasteiger partial charge in [-0.3, -0.25) is 9.59 Å². The summed E-state index contributed by atoms with van der Waals surface area (Å²) in [6.45, 7) is 3.71. The molecule has 2 unspecified atom stereocenters. The minimum absolute atomic E-state index is 0.124. The van der Waals surface area contributed by atoms with Crippen molar-refractivity contribution < 1.29 is 14.3 Å². The lowest BCUT2D eigenvalue weighted by molar-refractivity contribution is -0.120. The lowest BCUT2D eigenvalue weighted by Crippen LogP contribution is -2.34. The first-order valence-corrected chi connectivity index (χ1v) is 6.48. The summed E-state index contributed by atoms with van der Waals surface area (Å²) in [6, 6.07) is 6.77. The molecule has 1 rings (SSSR count). The number of amides is 2. The largest absolute Gasteiger partial charge is 0.491 e. The third-order valence-corrected chi connectivity index (χ3v) is 2.95. The fourth-order valence-corrected chi connectivity index (χ4v) is 1.44. The summed E-state index contributed by atoms with van der Waals surface area (Å²) in [5.41, 5.74) is 11.3. The molecule has 20 heavy (non-hydrogen) atoms. The van der Waals surface area contributed by atoms with E-state index in [1.165, 1.54) is 0 Å². The monoisotopic (exact) mass is 279 g/mol. The van der Waals surface area contributed by atoms with E-state index in [2.05, 4.69) is 5.32 Å². The number of hydrogen-bond donors (Lipinski definition) is 3. The van der Waals surface area contributed by atoms with Gasteiger partial charge in [-0.05, 0) is 19.1 Å². The minimum Gasteiger partial charge on any atom is -0.491 e. The number of carbonyl (C=O) groups is 2. The van der Waals surface area contributed by atoms with Gasteiger partial charge in [-0.2, -0.15) is 0 Å². The summed E-state index contributed by atoms with van der Waals surface area (Å²) in [5.74, 6) is -0.421. The Labute approximate surface area is 118 Å². The molecule has 0 saturated carbocycles. The summed E-state index contributed by atoms with van der Waals surface area (Å²) < 4.78 is 5.44. The normalized spacial score (nSPS) is 13.3. The van der Waals surface area contributed by atoms with Gasteiger partial charge in [-0.15, -0.1) is 0 Å². The summed E-state index contributed by atoms with van der Waals surface area (Å²) in [7, 11) is 0. The molecule has 2 amide bonds. The molecule has 0 aliphatic heterocycles. The highest BCUT2D eigenvalue weighted by molar-refractivity contribution is 5.94. The highest BCUT2D eigenvalue weighted by atomic mass is 16.5. The number of hydrogen-bond acceptors (Lipinski definition) is 4. The van der Waals surface area contributed by atoms with Crippen LogP contribution in [0.2, 0.25) is 0 Å². The number of para-hydroxylation sites is 2. The summed E-state index contributed by atoms with van der Waals surface area (Å²) in [6.07, 6.45) is 0.124. The van der Waals surface area contributed by atoms with Crippen LogP contribution in [0.3, 0.4) is 0 Å². The zero-order chi connectivity index (χ0) is 15.1. The predicted octanol–water partition coefficient (Wildman–Crippen LogP) is 0.863. The van der Waals surface area contributed by atoms with Crippen LogP contribution in [0, 0.1) is 5.92 Å². The number of nitrogens with two attached hydrogens (primary N) is 2. The molecule has 0 fully saturated rings. The van der Waals surface area contributed by atoms with Crippen molar-refractivity contribution in [1.29, 1.82) is 0 Å². The summed E-state index contributed by atoms with van der Waals surface area (Å²) >= 11 is 0. The minimum atomic E-state index is -0.433. The Morgan fingerprint density at radius 1 is 1.30 bits per heavy atom. The predicted molar refractivity (Wildman–Crippen MR) is 77.2 cm³/mol. The van der Waals surface area contributed by atoms with Crippen LogP contribution in [0.25, 0.3) is 0 Å². The third kappa shape index (κ3) is 4.89. The Morgan fingerprint density at radius 3 is 2.55 bits per heavy atom. The van der Waals surface area contributed by atoms with Gasteiger partial charge in [0.2, 0.25) is 11.8 Å². The molecule has 1 aromatic carbocycles. The van der Waals surface area contributed by atoms with Gasteiger partial charge < -0.3 is 21.5 Å². The Balaban J connectivity index is 2.70. The summed E-state index contributed by atoms with van der Waals surface area (Å²) in [4.78, 5) is 22.6. The van der Waals surface area contributed by atoms with Gasteiger partial charge in [0, 0.05) is 6.04 Å². The molecule has 0 aliphatic carbocycles. The molecule has 0 heterocycles. The van der Waals surface area contributed by atoms with Crippen LogP contribution in [-0.4, -0.2) is 24.5 Å². The average Bonchev–Trinajstić information content (AvgIpc) is 2.39. The number of benzene rings is 1. The van der Waals surface area contributed by atoms with Crippen molar-refractivity contribution in [2.24, 2.45) is 17.4 Å². The quantitative estimate of drug-likeness (QED) is 0.688. The second-order valence-corrected chi connectivity index (χ2v) is 4.70. The number of primary amides is 1. The lowest BCUT2D eigenvalue weighted by atomic mass is 10.0. The van der Waals surface area contributed by atoms with Gasteiger partial charge >= 0.3 is 0 Å². The average molecular weight is 279 g/mol. The van der Waals surface area contributed by atoms with Gasteiger partial charge in [0.25, 0.3) is 0 Å². The molecule has 5 N–H and O–H groups in total. The van der Waals surface area contributed by atoms with E-state index >= 15 is 0 Å². The molecule has 1 aromatic rings. The molecule has 0 spiro atoms. The Hall–Kier alpha value is -2.08. The molecule has 110 valence electrons. The molecule has 0 radical (unpaired) electrons. The molecule has 0 bridgehead atoms. The molecule has 0 aliphatic rings. The lowest BCUT2D eigenvalue weighted by Gasteiger charge is -2.17. The number of nitrogens with one attached hydrogen (secondary N) is 1. The molecule has 0 aromatic heterocycles. The van der Waals surface area contributed by atoms with E-state index in [9.17, 15) is 9.59 Å². The van der Waals surface area contributed by atoms with Crippen LogP contribution in [0.1, 0.15) is 20.3 Å². The van der Waals surface area contributed by atoms with Crippen molar-refractivity contribution in [2.75, 3.05) is 11.9 Å². The first kappa shape index (κ1) is 16.0. The molecular weight excluding hydrogens is 258 g/mol. The van der Waals surface area contributed by atoms with Gasteiger partial charge in [0.05, 0.1) is 24.6 Å². The number of rotatable bonds is 7. The van der Waals surface area contributed by atoms with Crippen molar-refractivity contribution in [2.45, 2.75) is 26.3 Å². The molecule has 0 saturated heterocycles. The van der Waals surface area contributed by atoms with Crippen LogP contribution >= 0.6 is 0 Å². The van der Waals surface area contributed by atoms with E-state index in [0.717, 1.165) is 0 Å². The van der Waals surface area contributed by atoms with Gasteiger partial charge in [0.15, 0.2) is 0 Å². The molecule has 2 atom stereocenters. The SMILES string of the molecule is CC(N)C(C)C(=O)Nc1ccccc1OCCC(N)=O. The molecular formula is C14H21N3O3. The van der Waals surface area contributed by atoms with Gasteiger partial charge in [0.1, 0.15) is 5.75 Å². The van der Waals surface area contributed by atoms with Gasteiger partial charge in [-0.1, -0.05) is 19.1 Å². The first-order valence-electron chi connectivity index (χ1n) is 6.48. The Kier molecular flexibility index (Phi) is 5.99. The van der Waals surface area contributed by atoms with E-state index in [0.29, 0.717) is 11.4 Å². The highest BCUT2D eigenvalue weighted by Gasteiger charge is 2.18. The molecule has 6 nitrogen and oxygen atoms in total. The maximum atomic E-state index is 12.0. The number of anilines is 1. The third-order valence-electron chi connectivity index (χ3n) is 2.95. The zero-order valence-corrected chi connectivity index (χ0v) is 11.8. The van der Waals surface area contributed by atoms with Gasteiger partial charge in [-0.25, -0.2) is 0 Å².